The number of rotatable bonds is 6. The predicted octanol–water partition coefficient (Wildman–Crippen LogP) is 4.19. The molecule has 0 aliphatic carbocycles. The molecule has 1 atom stereocenters. The quantitative estimate of drug-likeness (QED) is 0.511. The second kappa shape index (κ2) is 6.27. The van der Waals surface area contributed by atoms with Gasteiger partial charge in [0.25, 0.3) is 0 Å². The molecule has 0 fully saturated rings. The molecule has 0 rings (SSSR count). The summed E-state index contributed by atoms with van der Waals surface area (Å²) in [5.74, 6) is -2.42. The van der Waals surface area contributed by atoms with Crippen molar-refractivity contribution in [1.29, 1.82) is 0 Å². The van der Waals surface area contributed by atoms with Crippen molar-refractivity contribution in [3.63, 3.8) is 0 Å². The Kier molecular flexibility index (Phi) is 6.06. The fourth-order valence-electron chi connectivity index (χ4n) is 1.21. The van der Waals surface area contributed by atoms with E-state index in [0.717, 1.165) is 0 Å². The highest BCUT2D eigenvalue weighted by atomic mass is 19.4. The van der Waals surface area contributed by atoms with Gasteiger partial charge < -0.3 is 0 Å². The molecule has 0 aromatic rings. The molecule has 0 radical (unpaired) electrons. The molecule has 1 nitrogen and oxygen atoms in total. The molecule has 0 aromatic heterocycles. The van der Waals surface area contributed by atoms with E-state index in [1.54, 1.807) is 0 Å². The molecule has 0 amide bonds. The Balaban J connectivity index is 4.13. The minimum atomic E-state index is -4.88. The van der Waals surface area contributed by atoms with Crippen molar-refractivity contribution in [2.45, 2.75) is 38.0 Å². The number of hydrogen-bond acceptors (Lipinski definition) is 1. The summed E-state index contributed by atoms with van der Waals surface area (Å²) in [6.45, 7) is -0.406. The lowest BCUT2D eigenvalue weighted by atomic mass is 9.97. The molecule has 16 heavy (non-hydrogen) atoms. The van der Waals surface area contributed by atoms with Gasteiger partial charge in [0.1, 0.15) is 0 Å². The van der Waals surface area contributed by atoms with Gasteiger partial charge in [-0.1, -0.05) is 6.42 Å². The monoisotopic (exact) mass is 256 g/mol. The highest BCUT2D eigenvalue weighted by molar-refractivity contribution is 4.71. The van der Waals surface area contributed by atoms with Crippen LogP contribution in [0.4, 0.5) is 30.9 Å². The van der Waals surface area contributed by atoms with Crippen molar-refractivity contribution in [3.05, 3.63) is 0 Å². The molecule has 1 unspecified atom stereocenters. The van der Waals surface area contributed by atoms with Gasteiger partial charge >= 0.3 is 12.4 Å². The first-order chi connectivity index (χ1) is 7.17. The van der Waals surface area contributed by atoms with Gasteiger partial charge in [0, 0.05) is 0 Å². The first-order valence-electron chi connectivity index (χ1n) is 4.54. The van der Waals surface area contributed by atoms with Crippen LogP contribution in [0.2, 0.25) is 0 Å². The Bertz CT molecular complexity index is 186. The maximum absolute atomic E-state index is 12.2. The SMILES string of the molecule is FOCCCCC(CC(F)(F)F)C(F)(F)F. The maximum Gasteiger partial charge on any atom is 0.392 e. The number of alkyl halides is 6. The second-order valence-electron chi connectivity index (χ2n) is 3.37. The number of hydrogen-bond donors (Lipinski definition) is 0. The molecular weight excluding hydrogens is 245 g/mol. The van der Waals surface area contributed by atoms with Crippen molar-refractivity contribution < 1.29 is 35.8 Å². The lowest BCUT2D eigenvalue weighted by molar-refractivity contribution is -0.220. The van der Waals surface area contributed by atoms with E-state index >= 15 is 0 Å². The molecule has 98 valence electrons. The smallest absolute Gasteiger partial charge is 0.194 e. The van der Waals surface area contributed by atoms with Gasteiger partial charge in [0.2, 0.25) is 0 Å². The summed E-state index contributed by atoms with van der Waals surface area (Å²) in [6, 6.07) is 0. The molecule has 0 aromatic carbocycles. The summed E-state index contributed by atoms with van der Waals surface area (Å²) in [4.78, 5) is 3.11. The van der Waals surface area contributed by atoms with E-state index in [1.807, 2.05) is 0 Å². The average Bonchev–Trinajstić information content (AvgIpc) is 2.06. The first-order valence-corrected chi connectivity index (χ1v) is 4.54. The average molecular weight is 256 g/mol. The van der Waals surface area contributed by atoms with Crippen LogP contribution in [0.15, 0.2) is 0 Å². The van der Waals surface area contributed by atoms with Crippen LogP contribution in [0.1, 0.15) is 25.7 Å². The molecule has 0 saturated heterocycles. The van der Waals surface area contributed by atoms with Crippen molar-refractivity contribution >= 4 is 0 Å². The van der Waals surface area contributed by atoms with Crippen LogP contribution in [0.25, 0.3) is 0 Å². The van der Waals surface area contributed by atoms with Crippen LogP contribution in [-0.2, 0) is 4.94 Å². The Labute approximate surface area is 87.5 Å². The van der Waals surface area contributed by atoms with Crippen molar-refractivity contribution in [2.75, 3.05) is 6.61 Å². The molecule has 0 spiro atoms. The summed E-state index contributed by atoms with van der Waals surface area (Å²) in [5.41, 5.74) is 0. The first kappa shape index (κ1) is 15.5. The molecule has 0 heterocycles. The number of unbranched alkanes of at least 4 members (excludes halogenated alkanes) is 1. The fourth-order valence-corrected chi connectivity index (χ4v) is 1.21. The van der Waals surface area contributed by atoms with Crippen LogP contribution in [0, 0.1) is 5.92 Å². The van der Waals surface area contributed by atoms with E-state index in [4.69, 9.17) is 0 Å². The Morgan fingerprint density at radius 1 is 0.938 bits per heavy atom. The molecule has 0 bridgehead atoms. The van der Waals surface area contributed by atoms with Crippen molar-refractivity contribution in [3.8, 4) is 0 Å². The highest BCUT2D eigenvalue weighted by Gasteiger charge is 2.45. The summed E-state index contributed by atoms with van der Waals surface area (Å²) < 4.78 is 83.1. The zero-order valence-corrected chi connectivity index (χ0v) is 8.17. The normalized spacial score (nSPS) is 15.2. The van der Waals surface area contributed by atoms with Gasteiger partial charge in [-0.2, -0.15) is 31.3 Å². The molecular formula is C8H11F7O. The van der Waals surface area contributed by atoms with Crippen molar-refractivity contribution in [1.82, 2.24) is 0 Å². The summed E-state index contributed by atoms with van der Waals surface area (Å²) >= 11 is 0. The maximum atomic E-state index is 12.2. The lowest BCUT2D eigenvalue weighted by Gasteiger charge is -2.21. The van der Waals surface area contributed by atoms with Gasteiger partial charge in [0.15, 0.2) is 0 Å². The summed E-state index contributed by atoms with van der Waals surface area (Å²) in [6.07, 6.45) is -12.5. The van der Waals surface area contributed by atoms with E-state index in [1.165, 1.54) is 0 Å². The summed E-state index contributed by atoms with van der Waals surface area (Å²) in [5, 5.41) is 0. The van der Waals surface area contributed by atoms with E-state index in [0.29, 0.717) is 0 Å². The van der Waals surface area contributed by atoms with Crippen LogP contribution in [0.5, 0.6) is 0 Å². The molecule has 0 aliphatic rings. The fraction of sp³-hybridized carbons (Fsp3) is 1.00. The molecule has 0 saturated carbocycles. The topological polar surface area (TPSA) is 9.23 Å². The van der Waals surface area contributed by atoms with Crippen molar-refractivity contribution in [2.24, 2.45) is 5.92 Å². The zero-order chi connectivity index (χ0) is 12.8. The zero-order valence-electron chi connectivity index (χ0n) is 8.17. The Morgan fingerprint density at radius 3 is 1.88 bits per heavy atom. The lowest BCUT2D eigenvalue weighted by Crippen LogP contribution is -2.28. The minimum absolute atomic E-state index is 0.0407. The minimum Gasteiger partial charge on any atom is -0.194 e. The third kappa shape index (κ3) is 7.72. The second-order valence-corrected chi connectivity index (χ2v) is 3.37. The Morgan fingerprint density at radius 2 is 1.50 bits per heavy atom. The third-order valence-corrected chi connectivity index (χ3v) is 1.96. The van der Waals surface area contributed by atoms with Gasteiger partial charge in [-0.3, -0.25) is 0 Å². The summed E-state index contributed by atoms with van der Waals surface area (Å²) in [7, 11) is 0. The van der Waals surface area contributed by atoms with Crippen LogP contribution in [0.3, 0.4) is 0 Å². The number of halogens is 7. The predicted molar refractivity (Wildman–Crippen MR) is 41.1 cm³/mol. The van der Waals surface area contributed by atoms with Gasteiger partial charge in [-0.25, -0.2) is 0 Å². The van der Waals surface area contributed by atoms with Gasteiger partial charge in [0.05, 0.1) is 18.9 Å². The molecule has 8 heteroatoms. The van der Waals surface area contributed by atoms with E-state index in [2.05, 4.69) is 4.94 Å². The van der Waals surface area contributed by atoms with E-state index in [-0.39, 0.29) is 12.8 Å². The largest absolute Gasteiger partial charge is 0.392 e. The van der Waals surface area contributed by atoms with Gasteiger partial charge in [-0.05, 0) is 17.4 Å². The standard InChI is InChI=1S/C8H11F7O/c9-7(10,11)5-6(8(12,13)14)3-1-2-4-16-15/h6H,1-5H2. The third-order valence-electron chi connectivity index (χ3n) is 1.96. The highest BCUT2D eigenvalue weighted by Crippen LogP contribution is 2.38. The Hall–Kier alpha value is -0.530. The van der Waals surface area contributed by atoms with E-state index in [9.17, 15) is 30.9 Å². The van der Waals surface area contributed by atoms with Crippen LogP contribution >= 0.6 is 0 Å². The molecule has 0 N–H and O–H groups in total. The van der Waals surface area contributed by atoms with E-state index < -0.39 is 37.7 Å². The van der Waals surface area contributed by atoms with Crippen LogP contribution < -0.4 is 0 Å². The van der Waals surface area contributed by atoms with Gasteiger partial charge in [-0.15, -0.1) is 0 Å². The molecule has 0 aliphatic heterocycles. The van der Waals surface area contributed by atoms with Crippen LogP contribution in [-0.4, -0.2) is 19.0 Å².